The first-order valence-electron chi connectivity index (χ1n) is 6.13. The molecule has 0 fully saturated rings. The molecule has 0 unspecified atom stereocenters. The summed E-state index contributed by atoms with van der Waals surface area (Å²) in [5.74, 6) is 0.0788. The summed E-state index contributed by atoms with van der Waals surface area (Å²) in [6, 6.07) is 10.3. The minimum Gasteiger partial charge on any atom is -0.495 e. The first-order valence-corrected chi connectivity index (χ1v) is 6.51. The van der Waals surface area contributed by atoms with Gasteiger partial charge in [-0.25, -0.2) is 4.79 Å². The maximum absolute atomic E-state index is 11.6. The SMILES string of the molecule is COC(=O)c1cc(Nc2ccc(Cl)c(OC)c2)ccc1N. The van der Waals surface area contributed by atoms with E-state index in [-0.39, 0.29) is 0 Å². The maximum atomic E-state index is 11.6. The van der Waals surface area contributed by atoms with Gasteiger partial charge in [-0.2, -0.15) is 0 Å². The van der Waals surface area contributed by atoms with Crippen molar-refractivity contribution in [2.45, 2.75) is 0 Å². The number of rotatable bonds is 4. The van der Waals surface area contributed by atoms with Gasteiger partial charge in [0.2, 0.25) is 0 Å². The molecule has 5 nitrogen and oxygen atoms in total. The summed E-state index contributed by atoms with van der Waals surface area (Å²) in [7, 11) is 2.86. The predicted molar refractivity (Wildman–Crippen MR) is 83.5 cm³/mol. The molecule has 110 valence electrons. The number of esters is 1. The molecule has 2 aromatic carbocycles. The van der Waals surface area contributed by atoms with Gasteiger partial charge in [0.1, 0.15) is 5.75 Å². The molecule has 0 aliphatic heterocycles. The van der Waals surface area contributed by atoms with Gasteiger partial charge in [0.15, 0.2) is 0 Å². The van der Waals surface area contributed by atoms with Crippen molar-refractivity contribution in [3.8, 4) is 5.75 Å². The Hall–Kier alpha value is -2.40. The third kappa shape index (κ3) is 3.38. The monoisotopic (exact) mass is 306 g/mol. The summed E-state index contributed by atoms with van der Waals surface area (Å²) in [5, 5.41) is 3.67. The minimum atomic E-state index is -0.482. The zero-order chi connectivity index (χ0) is 15.4. The molecule has 0 bridgehead atoms. The lowest BCUT2D eigenvalue weighted by molar-refractivity contribution is 0.0602. The van der Waals surface area contributed by atoms with Crippen LogP contribution in [0.3, 0.4) is 0 Å². The quantitative estimate of drug-likeness (QED) is 0.668. The van der Waals surface area contributed by atoms with Crippen LogP contribution in [0.15, 0.2) is 36.4 Å². The standard InChI is InChI=1S/C15H15ClN2O3/c1-20-14-8-10(3-5-12(14)16)18-9-4-6-13(17)11(7-9)15(19)21-2/h3-8,18H,17H2,1-2H3. The normalized spacial score (nSPS) is 10.0. The summed E-state index contributed by atoms with van der Waals surface area (Å²) in [6.45, 7) is 0. The number of ether oxygens (including phenoxy) is 2. The second kappa shape index (κ2) is 6.37. The smallest absolute Gasteiger partial charge is 0.340 e. The van der Waals surface area contributed by atoms with Gasteiger partial charge in [-0.05, 0) is 30.3 Å². The molecular weight excluding hydrogens is 292 g/mol. The number of carbonyl (C=O) groups is 1. The minimum absolute atomic E-state index is 0.309. The number of hydrogen-bond donors (Lipinski definition) is 2. The fourth-order valence-electron chi connectivity index (χ4n) is 1.82. The molecule has 0 atom stereocenters. The van der Waals surface area contributed by atoms with Gasteiger partial charge < -0.3 is 20.5 Å². The van der Waals surface area contributed by atoms with Gasteiger partial charge in [-0.3, -0.25) is 0 Å². The molecule has 0 aliphatic carbocycles. The van der Waals surface area contributed by atoms with Crippen LogP contribution in [0.1, 0.15) is 10.4 Å². The van der Waals surface area contributed by atoms with E-state index in [4.69, 9.17) is 26.8 Å². The number of hydrogen-bond acceptors (Lipinski definition) is 5. The van der Waals surface area contributed by atoms with E-state index in [0.29, 0.717) is 27.7 Å². The molecule has 6 heteroatoms. The molecule has 2 aromatic rings. The second-order valence-corrected chi connectivity index (χ2v) is 4.68. The second-order valence-electron chi connectivity index (χ2n) is 4.27. The molecule has 0 radical (unpaired) electrons. The van der Waals surface area contributed by atoms with Crippen molar-refractivity contribution in [3.63, 3.8) is 0 Å². The van der Waals surface area contributed by atoms with Gasteiger partial charge in [0.25, 0.3) is 0 Å². The summed E-state index contributed by atoms with van der Waals surface area (Å²) in [6.07, 6.45) is 0. The van der Waals surface area contributed by atoms with Gasteiger partial charge >= 0.3 is 5.97 Å². The van der Waals surface area contributed by atoms with Gasteiger partial charge in [-0.1, -0.05) is 11.6 Å². The van der Waals surface area contributed by atoms with Crippen molar-refractivity contribution >= 4 is 34.6 Å². The maximum Gasteiger partial charge on any atom is 0.340 e. The number of anilines is 3. The molecule has 0 aromatic heterocycles. The molecule has 0 aliphatic rings. The summed E-state index contributed by atoms with van der Waals surface area (Å²) >= 11 is 5.98. The van der Waals surface area contributed by atoms with Crippen LogP contribution in [-0.2, 0) is 4.74 Å². The highest BCUT2D eigenvalue weighted by atomic mass is 35.5. The molecule has 0 spiro atoms. The lowest BCUT2D eigenvalue weighted by atomic mass is 10.1. The number of benzene rings is 2. The highest BCUT2D eigenvalue weighted by Gasteiger charge is 2.11. The molecule has 2 rings (SSSR count). The lowest BCUT2D eigenvalue weighted by Crippen LogP contribution is -2.06. The Morgan fingerprint density at radius 2 is 1.81 bits per heavy atom. The zero-order valence-electron chi connectivity index (χ0n) is 11.6. The number of nitrogens with two attached hydrogens (primary N) is 1. The van der Waals surface area contributed by atoms with Crippen molar-refractivity contribution in [3.05, 3.63) is 47.0 Å². The predicted octanol–water partition coefficient (Wildman–Crippen LogP) is 3.46. The third-order valence-electron chi connectivity index (χ3n) is 2.90. The summed E-state index contributed by atoms with van der Waals surface area (Å²) in [5.41, 5.74) is 7.91. The van der Waals surface area contributed by atoms with E-state index in [9.17, 15) is 4.79 Å². The van der Waals surface area contributed by atoms with Gasteiger partial charge in [-0.15, -0.1) is 0 Å². The largest absolute Gasteiger partial charge is 0.495 e. The molecule has 21 heavy (non-hydrogen) atoms. The van der Waals surface area contributed by atoms with Gasteiger partial charge in [0, 0.05) is 23.1 Å². The molecule has 3 N–H and O–H groups in total. The summed E-state index contributed by atoms with van der Waals surface area (Å²) < 4.78 is 9.85. The van der Waals surface area contributed by atoms with Crippen LogP contribution in [0.2, 0.25) is 5.02 Å². The number of carbonyl (C=O) groups excluding carboxylic acids is 1. The van der Waals surface area contributed by atoms with E-state index < -0.39 is 5.97 Å². The van der Waals surface area contributed by atoms with Crippen molar-refractivity contribution < 1.29 is 14.3 Å². The third-order valence-corrected chi connectivity index (χ3v) is 3.21. The average molecular weight is 307 g/mol. The molecular formula is C15H15ClN2O3. The van der Waals surface area contributed by atoms with Crippen LogP contribution in [-0.4, -0.2) is 20.2 Å². The highest BCUT2D eigenvalue weighted by molar-refractivity contribution is 6.32. The Kier molecular flexibility index (Phi) is 4.55. The molecule has 0 amide bonds. The van der Waals surface area contributed by atoms with Crippen molar-refractivity contribution in [2.24, 2.45) is 0 Å². The van der Waals surface area contributed by atoms with Gasteiger partial charge in [0.05, 0.1) is 24.8 Å². The van der Waals surface area contributed by atoms with Crippen LogP contribution in [0.5, 0.6) is 5.75 Å². The van der Waals surface area contributed by atoms with E-state index in [2.05, 4.69) is 5.32 Å². The average Bonchev–Trinajstić information content (AvgIpc) is 2.50. The molecule has 0 saturated carbocycles. The fourth-order valence-corrected chi connectivity index (χ4v) is 2.02. The summed E-state index contributed by atoms with van der Waals surface area (Å²) in [4.78, 5) is 11.6. The van der Waals surface area contributed by atoms with E-state index in [0.717, 1.165) is 5.69 Å². The number of nitrogens with one attached hydrogen (secondary N) is 1. The number of nitrogen functional groups attached to an aromatic ring is 1. The Labute approximate surface area is 127 Å². The Morgan fingerprint density at radius 1 is 1.14 bits per heavy atom. The van der Waals surface area contributed by atoms with Crippen LogP contribution in [0, 0.1) is 0 Å². The van der Waals surface area contributed by atoms with E-state index in [1.165, 1.54) is 7.11 Å². The Balaban J connectivity index is 2.29. The number of halogens is 1. The zero-order valence-corrected chi connectivity index (χ0v) is 12.4. The lowest BCUT2D eigenvalue weighted by Gasteiger charge is -2.11. The highest BCUT2D eigenvalue weighted by Crippen LogP contribution is 2.29. The topological polar surface area (TPSA) is 73.6 Å². The van der Waals surface area contributed by atoms with E-state index >= 15 is 0 Å². The Bertz CT molecular complexity index is 674. The van der Waals surface area contributed by atoms with Crippen molar-refractivity contribution in [2.75, 3.05) is 25.3 Å². The number of methoxy groups -OCH3 is 2. The van der Waals surface area contributed by atoms with Crippen LogP contribution < -0.4 is 15.8 Å². The van der Waals surface area contributed by atoms with Crippen LogP contribution in [0.4, 0.5) is 17.1 Å². The van der Waals surface area contributed by atoms with Crippen molar-refractivity contribution in [1.82, 2.24) is 0 Å². The van der Waals surface area contributed by atoms with E-state index in [1.54, 1.807) is 43.5 Å². The van der Waals surface area contributed by atoms with Crippen molar-refractivity contribution in [1.29, 1.82) is 0 Å². The molecule has 0 saturated heterocycles. The Morgan fingerprint density at radius 3 is 2.48 bits per heavy atom. The van der Waals surface area contributed by atoms with Crippen LogP contribution in [0.25, 0.3) is 0 Å². The first kappa shape index (κ1) is 15.0. The first-order chi connectivity index (χ1) is 10.0. The molecule has 0 heterocycles. The van der Waals surface area contributed by atoms with Crippen LogP contribution >= 0.6 is 11.6 Å². The van der Waals surface area contributed by atoms with E-state index in [1.807, 2.05) is 0 Å². The fraction of sp³-hybridized carbons (Fsp3) is 0.133.